The summed E-state index contributed by atoms with van der Waals surface area (Å²) in [5.74, 6) is 2.39. The first-order valence-electron chi connectivity index (χ1n) is 7.75. The van der Waals surface area contributed by atoms with E-state index in [4.69, 9.17) is 9.47 Å². The molecular weight excluding hydrogens is 264 g/mol. The minimum absolute atomic E-state index is 0.467. The normalized spacial score (nSPS) is 20.5. The zero-order valence-electron chi connectivity index (χ0n) is 13.7. The van der Waals surface area contributed by atoms with Crippen LogP contribution in [0.1, 0.15) is 18.9 Å². The summed E-state index contributed by atoms with van der Waals surface area (Å²) in [6.45, 7) is 5.81. The number of nitrogens with one attached hydrogen (secondary N) is 1. The molecule has 1 fully saturated rings. The Balaban J connectivity index is 1.83. The maximum atomic E-state index is 5.36. The van der Waals surface area contributed by atoms with Crippen molar-refractivity contribution >= 4 is 0 Å². The number of benzene rings is 1. The van der Waals surface area contributed by atoms with E-state index < -0.39 is 0 Å². The number of hydrogen-bond donors (Lipinski definition) is 1. The Bertz CT molecular complexity index is 450. The zero-order chi connectivity index (χ0) is 15.2. The third-order valence-corrected chi connectivity index (χ3v) is 4.23. The molecule has 1 saturated heterocycles. The summed E-state index contributed by atoms with van der Waals surface area (Å²) >= 11 is 0. The van der Waals surface area contributed by atoms with E-state index in [0.717, 1.165) is 30.4 Å². The monoisotopic (exact) mass is 292 g/mol. The smallest absolute Gasteiger partial charge is 0.160 e. The Morgan fingerprint density at radius 2 is 2.05 bits per heavy atom. The summed E-state index contributed by atoms with van der Waals surface area (Å²) in [5, 5.41) is 3.66. The first kappa shape index (κ1) is 16.1. The standard InChI is InChI=1S/C17H28N2O2/c1-13(18-11-15-7-8-19(2)12-15)9-14-5-6-16(20-3)17(10-14)21-4/h5-6,10,13,15,18H,7-9,11-12H2,1-4H3. The van der Waals surface area contributed by atoms with Crippen LogP contribution in [0.25, 0.3) is 0 Å². The first-order valence-corrected chi connectivity index (χ1v) is 7.75. The lowest BCUT2D eigenvalue weighted by Crippen LogP contribution is -2.33. The summed E-state index contributed by atoms with van der Waals surface area (Å²) in [4.78, 5) is 2.41. The van der Waals surface area contributed by atoms with Gasteiger partial charge in [-0.2, -0.15) is 0 Å². The van der Waals surface area contributed by atoms with Crippen molar-refractivity contribution < 1.29 is 9.47 Å². The van der Waals surface area contributed by atoms with Crippen LogP contribution in [0.5, 0.6) is 11.5 Å². The average molecular weight is 292 g/mol. The SMILES string of the molecule is COc1ccc(CC(C)NCC2CCN(C)C2)cc1OC. The predicted octanol–water partition coefficient (Wildman–Crippen LogP) is 2.18. The molecule has 118 valence electrons. The summed E-state index contributed by atoms with van der Waals surface area (Å²) in [5.41, 5.74) is 1.27. The second-order valence-corrected chi connectivity index (χ2v) is 6.12. The van der Waals surface area contributed by atoms with Crippen molar-refractivity contribution in [1.82, 2.24) is 10.2 Å². The van der Waals surface area contributed by atoms with Gasteiger partial charge in [-0.1, -0.05) is 6.07 Å². The molecule has 0 spiro atoms. The molecule has 0 aromatic heterocycles. The summed E-state index contributed by atoms with van der Waals surface area (Å²) in [7, 11) is 5.55. The maximum Gasteiger partial charge on any atom is 0.160 e. The molecule has 1 N–H and O–H groups in total. The van der Waals surface area contributed by atoms with E-state index in [9.17, 15) is 0 Å². The molecule has 0 aliphatic carbocycles. The van der Waals surface area contributed by atoms with Gasteiger partial charge in [-0.15, -0.1) is 0 Å². The fourth-order valence-corrected chi connectivity index (χ4v) is 2.99. The van der Waals surface area contributed by atoms with Crippen molar-refractivity contribution in [3.8, 4) is 11.5 Å². The molecule has 0 saturated carbocycles. The first-order chi connectivity index (χ1) is 10.1. The van der Waals surface area contributed by atoms with Gasteiger partial charge in [-0.3, -0.25) is 0 Å². The third kappa shape index (κ3) is 4.61. The number of likely N-dealkylation sites (tertiary alicyclic amines) is 1. The van der Waals surface area contributed by atoms with E-state index in [1.54, 1.807) is 14.2 Å². The Labute approximate surface area is 128 Å². The van der Waals surface area contributed by atoms with Gasteiger partial charge in [0.15, 0.2) is 11.5 Å². The summed E-state index contributed by atoms with van der Waals surface area (Å²) in [6, 6.07) is 6.63. The van der Waals surface area contributed by atoms with Crippen molar-refractivity contribution in [1.29, 1.82) is 0 Å². The van der Waals surface area contributed by atoms with Crippen LogP contribution in [0.2, 0.25) is 0 Å². The van der Waals surface area contributed by atoms with Gasteiger partial charge in [-0.25, -0.2) is 0 Å². The summed E-state index contributed by atoms with van der Waals surface area (Å²) < 4.78 is 10.6. The molecule has 2 unspecified atom stereocenters. The highest BCUT2D eigenvalue weighted by Crippen LogP contribution is 2.28. The Kier molecular flexibility index (Phi) is 5.88. The molecule has 1 aliphatic heterocycles. The molecule has 1 aliphatic rings. The summed E-state index contributed by atoms with van der Waals surface area (Å²) in [6.07, 6.45) is 2.31. The molecule has 4 heteroatoms. The fourth-order valence-electron chi connectivity index (χ4n) is 2.99. The van der Waals surface area contributed by atoms with Crippen LogP contribution in [-0.4, -0.2) is 51.8 Å². The van der Waals surface area contributed by atoms with Gasteiger partial charge < -0.3 is 19.7 Å². The van der Waals surface area contributed by atoms with Gasteiger partial charge >= 0.3 is 0 Å². The molecule has 0 radical (unpaired) electrons. The van der Waals surface area contributed by atoms with Crippen LogP contribution in [0, 0.1) is 5.92 Å². The molecule has 2 atom stereocenters. The van der Waals surface area contributed by atoms with Crippen molar-refractivity contribution in [3.05, 3.63) is 23.8 Å². The lowest BCUT2D eigenvalue weighted by atomic mass is 10.0. The van der Waals surface area contributed by atoms with Gasteiger partial charge in [-0.05, 0) is 63.5 Å². The quantitative estimate of drug-likeness (QED) is 0.835. The van der Waals surface area contributed by atoms with E-state index in [-0.39, 0.29) is 0 Å². The molecular formula is C17H28N2O2. The second kappa shape index (κ2) is 7.66. The predicted molar refractivity (Wildman–Crippen MR) is 86.3 cm³/mol. The van der Waals surface area contributed by atoms with Gasteiger partial charge in [0.1, 0.15) is 0 Å². The van der Waals surface area contributed by atoms with Crippen LogP contribution in [0.4, 0.5) is 0 Å². The van der Waals surface area contributed by atoms with E-state index >= 15 is 0 Å². The van der Waals surface area contributed by atoms with E-state index in [0.29, 0.717) is 6.04 Å². The van der Waals surface area contributed by atoms with Crippen LogP contribution < -0.4 is 14.8 Å². The highest BCUT2D eigenvalue weighted by atomic mass is 16.5. The van der Waals surface area contributed by atoms with Crippen molar-refractivity contribution in [3.63, 3.8) is 0 Å². The molecule has 4 nitrogen and oxygen atoms in total. The molecule has 2 rings (SSSR count). The van der Waals surface area contributed by atoms with Crippen LogP contribution in [-0.2, 0) is 6.42 Å². The minimum atomic E-state index is 0.467. The van der Waals surface area contributed by atoms with Crippen LogP contribution in [0.3, 0.4) is 0 Å². The van der Waals surface area contributed by atoms with Crippen molar-refractivity contribution in [2.24, 2.45) is 5.92 Å². The molecule has 1 aromatic carbocycles. The largest absolute Gasteiger partial charge is 0.493 e. The average Bonchev–Trinajstić information content (AvgIpc) is 2.90. The van der Waals surface area contributed by atoms with Gasteiger partial charge in [0.05, 0.1) is 14.2 Å². The van der Waals surface area contributed by atoms with Gasteiger partial charge in [0.2, 0.25) is 0 Å². The minimum Gasteiger partial charge on any atom is -0.493 e. The molecule has 0 amide bonds. The van der Waals surface area contributed by atoms with E-state index in [1.807, 2.05) is 6.07 Å². The molecule has 1 aromatic rings. The van der Waals surface area contributed by atoms with Crippen LogP contribution >= 0.6 is 0 Å². The van der Waals surface area contributed by atoms with E-state index in [2.05, 4.69) is 36.3 Å². The van der Waals surface area contributed by atoms with Gasteiger partial charge in [0, 0.05) is 12.6 Å². The fraction of sp³-hybridized carbons (Fsp3) is 0.647. The Hall–Kier alpha value is -1.26. The zero-order valence-corrected chi connectivity index (χ0v) is 13.7. The molecule has 1 heterocycles. The van der Waals surface area contributed by atoms with Crippen LogP contribution in [0.15, 0.2) is 18.2 Å². The second-order valence-electron chi connectivity index (χ2n) is 6.12. The molecule has 0 bridgehead atoms. The number of methoxy groups -OCH3 is 2. The van der Waals surface area contributed by atoms with Gasteiger partial charge in [0.25, 0.3) is 0 Å². The third-order valence-electron chi connectivity index (χ3n) is 4.23. The molecule has 21 heavy (non-hydrogen) atoms. The Morgan fingerprint density at radius 1 is 1.29 bits per heavy atom. The number of rotatable bonds is 7. The topological polar surface area (TPSA) is 33.7 Å². The highest BCUT2D eigenvalue weighted by molar-refractivity contribution is 5.43. The lowest BCUT2D eigenvalue weighted by Gasteiger charge is -2.18. The van der Waals surface area contributed by atoms with E-state index in [1.165, 1.54) is 25.1 Å². The van der Waals surface area contributed by atoms with Crippen molar-refractivity contribution in [2.75, 3.05) is 40.9 Å². The number of hydrogen-bond acceptors (Lipinski definition) is 4. The lowest BCUT2D eigenvalue weighted by molar-refractivity contribution is 0.354. The number of ether oxygens (including phenoxy) is 2. The maximum absolute atomic E-state index is 5.36. The number of nitrogens with zero attached hydrogens (tertiary/aromatic N) is 1. The van der Waals surface area contributed by atoms with Crippen molar-refractivity contribution in [2.45, 2.75) is 25.8 Å². The highest BCUT2D eigenvalue weighted by Gasteiger charge is 2.19. The Morgan fingerprint density at radius 3 is 2.67 bits per heavy atom.